The average Bonchev–Trinajstić information content (AvgIpc) is 2.41. The first-order valence-corrected chi connectivity index (χ1v) is 6.20. The molecule has 0 spiro atoms. The number of nitrogen functional groups attached to an aromatic ring is 1. The van der Waals surface area contributed by atoms with Crippen LogP contribution in [0.1, 0.15) is 17.3 Å². The smallest absolute Gasteiger partial charge is 0.255 e. The number of hydrogen-bond acceptors (Lipinski definition) is 3. The topological polar surface area (TPSA) is 84.2 Å². The first kappa shape index (κ1) is 14.5. The molecular weight excluding hydrogens is 273 g/mol. The third-order valence-corrected chi connectivity index (χ3v) is 2.71. The lowest BCUT2D eigenvalue weighted by atomic mass is 10.1. The lowest BCUT2D eigenvalue weighted by Gasteiger charge is -2.09. The fraction of sp³-hybridized carbons (Fsp3) is 0.0667. The Morgan fingerprint density at radius 3 is 2.52 bits per heavy atom. The zero-order valence-electron chi connectivity index (χ0n) is 11.3. The van der Waals surface area contributed by atoms with E-state index < -0.39 is 11.7 Å². The van der Waals surface area contributed by atoms with Crippen molar-refractivity contribution < 1.29 is 14.0 Å². The van der Waals surface area contributed by atoms with E-state index in [-0.39, 0.29) is 11.6 Å². The average molecular weight is 287 g/mol. The standard InChI is InChI=1S/C15H14FN3O2/c1-9(20)18-12-4-2-3-10(7-12)15(21)19-14-6-5-11(16)8-13(14)17/h2-8H,17H2,1H3,(H,18,20)(H,19,21). The van der Waals surface area contributed by atoms with Crippen molar-refractivity contribution in [3.63, 3.8) is 0 Å². The zero-order valence-corrected chi connectivity index (χ0v) is 11.3. The van der Waals surface area contributed by atoms with Crippen molar-refractivity contribution in [1.82, 2.24) is 0 Å². The lowest BCUT2D eigenvalue weighted by Crippen LogP contribution is -2.14. The van der Waals surface area contributed by atoms with Crippen molar-refractivity contribution in [3.05, 3.63) is 53.8 Å². The zero-order chi connectivity index (χ0) is 15.4. The van der Waals surface area contributed by atoms with Gasteiger partial charge in [0.25, 0.3) is 5.91 Å². The van der Waals surface area contributed by atoms with Crippen LogP contribution >= 0.6 is 0 Å². The summed E-state index contributed by atoms with van der Waals surface area (Å²) < 4.78 is 12.9. The quantitative estimate of drug-likeness (QED) is 0.759. The number of benzene rings is 2. The summed E-state index contributed by atoms with van der Waals surface area (Å²) in [6.45, 7) is 1.38. The number of carbonyl (C=O) groups is 2. The van der Waals surface area contributed by atoms with Crippen LogP contribution in [0.5, 0.6) is 0 Å². The molecule has 5 nitrogen and oxygen atoms in total. The predicted molar refractivity (Wildman–Crippen MR) is 79.5 cm³/mol. The number of nitrogens with two attached hydrogens (primary N) is 1. The van der Waals surface area contributed by atoms with Crippen LogP contribution in [-0.2, 0) is 4.79 Å². The molecule has 0 aliphatic rings. The first-order chi connectivity index (χ1) is 9.95. The Morgan fingerprint density at radius 2 is 1.86 bits per heavy atom. The Hall–Kier alpha value is -2.89. The van der Waals surface area contributed by atoms with E-state index in [2.05, 4.69) is 10.6 Å². The highest BCUT2D eigenvalue weighted by Gasteiger charge is 2.09. The molecule has 108 valence electrons. The van der Waals surface area contributed by atoms with Crippen LogP contribution in [-0.4, -0.2) is 11.8 Å². The van der Waals surface area contributed by atoms with Crippen molar-refractivity contribution in [2.45, 2.75) is 6.92 Å². The number of rotatable bonds is 3. The highest BCUT2D eigenvalue weighted by molar-refractivity contribution is 6.06. The van der Waals surface area contributed by atoms with Crippen molar-refractivity contribution in [1.29, 1.82) is 0 Å². The van der Waals surface area contributed by atoms with E-state index >= 15 is 0 Å². The predicted octanol–water partition coefficient (Wildman–Crippen LogP) is 2.62. The van der Waals surface area contributed by atoms with Crippen LogP contribution in [0.4, 0.5) is 21.5 Å². The van der Waals surface area contributed by atoms with Gasteiger partial charge in [-0.1, -0.05) is 6.07 Å². The number of nitrogens with one attached hydrogen (secondary N) is 2. The molecule has 0 saturated carbocycles. The number of hydrogen-bond donors (Lipinski definition) is 3. The third-order valence-electron chi connectivity index (χ3n) is 2.71. The molecule has 0 aromatic heterocycles. The van der Waals surface area contributed by atoms with Crippen molar-refractivity contribution in [2.24, 2.45) is 0 Å². The van der Waals surface area contributed by atoms with Crippen molar-refractivity contribution >= 4 is 28.9 Å². The second-order valence-corrected chi connectivity index (χ2v) is 4.45. The van der Waals surface area contributed by atoms with Gasteiger partial charge in [0.2, 0.25) is 5.91 Å². The van der Waals surface area contributed by atoms with Crippen LogP contribution in [0, 0.1) is 5.82 Å². The van der Waals surface area contributed by atoms with Crippen LogP contribution in [0.25, 0.3) is 0 Å². The number of halogens is 1. The molecule has 2 aromatic rings. The molecule has 2 amide bonds. The highest BCUT2D eigenvalue weighted by Crippen LogP contribution is 2.20. The van der Waals surface area contributed by atoms with Gasteiger partial charge in [0.15, 0.2) is 0 Å². The van der Waals surface area contributed by atoms with Gasteiger partial charge in [0.1, 0.15) is 5.82 Å². The van der Waals surface area contributed by atoms with Crippen LogP contribution in [0.15, 0.2) is 42.5 Å². The molecule has 0 bridgehead atoms. The molecule has 0 unspecified atom stereocenters. The van der Waals surface area contributed by atoms with E-state index in [9.17, 15) is 14.0 Å². The minimum atomic E-state index is -0.474. The summed E-state index contributed by atoms with van der Waals surface area (Å²) in [5.74, 6) is -1.10. The van der Waals surface area contributed by atoms with Crippen LogP contribution in [0.2, 0.25) is 0 Å². The summed E-state index contributed by atoms with van der Waals surface area (Å²) in [5.41, 5.74) is 6.97. The molecule has 21 heavy (non-hydrogen) atoms. The lowest BCUT2D eigenvalue weighted by molar-refractivity contribution is -0.114. The molecule has 6 heteroatoms. The second-order valence-electron chi connectivity index (χ2n) is 4.45. The molecule has 0 atom stereocenters. The maximum Gasteiger partial charge on any atom is 0.255 e. The summed E-state index contributed by atoms with van der Waals surface area (Å²) in [6, 6.07) is 10.2. The Balaban J connectivity index is 2.18. The monoisotopic (exact) mass is 287 g/mol. The normalized spacial score (nSPS) is 10.0. The molecule has 0 radical (unpaired) electrons. The van der Waals surface area contributed by atoms with Gasteiger partial charge in [0, 0.05) is 18.2 Å². The highest BCUT2D eigenvalue weighted by atomic mass is 19.1. The number of amides is 2. The molecule has 4 N–H and O–H groups in total. The largest absolute Gasteiger partial charge is 0.397 e. The fourth-order valence-corrected chi connectivity index (χ4v) is 1.78. The molecule has 0 aliphatic carbocycles. The summed E-state index contributed by atoms with van der Waals surface area (Å²) >= 11 is 0. The van der Waals surface area contributed by atoms with Crippen LogP contribution in [0.3, 0.4) is 0 Å². The minimum Gasteiger partial charge on any atom is -0.397 e. The van der Waals surface area contributed by atoms with Gasteiger partial charge in [-0.3, -0.25) is 9.59 Å². The fourth-order valence-electron chi connectivity index (χ4n) is 1.78. The van der Waals surface area contributed by atoms with E-state index in [1.165, 1.54) is 25.1 Å². The maximum absolute atomic E-state index is 12.9. The van der Waals surface area contributed by atoms with Gasteiger partial charge < -0.3 is 16.4 Å². The number of anilines is 3. The van der Waals surface area contributed by atoms with Crippen LogP contribution < -0.4 is 16.4 Å². The number of carbonyl (C=O) groups excluding carboxylic acids is 2. The summed E-state index contributed by atoms with van der Waals surface area (Å²) in [4.78, 5) is 23.1. The third kappa shape index (κ3) is 3.79. The van der Waals surface area contributed by atoms with E-state index in [0.29, 0.717) is 16.9 Å². The molecule has 0 fully saturated rings. The van der Waals surface area contributed by atoms with E-state index in [1.54, 1.807) is 18.2 Å². The molecular formula is C15H14FN3O2. The van der Waals surface area contributed by atoms with Gasteiger partial charge in [0.05, 0.1) is 11.4 Å². The Morgan fingerprint density at radius 1 is 1.10 bits per heavy atom. The molecule has 0 aliphatic heterocycles. The second kappa shape index (κ2) is 6.04. The van der Waals surface area contributed by atoms with Gasteiger partial charge >= 0.3 is 0 Å². The first-order valence-electron chi connectivity index (χ1n) is 6.20. The SMILES string of the molecule is CC(=O)Nc1cccc(C(=O)Nc2ccc(F)cc2N)c1. The van der Waals surface area contributed by atoms with E-state index in [1.807, 2.05) is 0 Å². The van der Waals surface area contributed by atoms with E-state index in [0.717, 1.165) is 6.07 Å². The van der Waals surface area contributed by atoms with Gasteiger partial charge in [-0.2, -0.15) is 0 Å². The Kier molecular flexibility index (Phi) is 4.18. The van der Waals surface area contributed by atoms with Gasteiger partial charge in [-0.25, -0.2) is 4.39 Å². The minimum absolute atomic E-state index is 0.140. The Labute approximate surface area is 121 Å². The summed E-state index contributed by atoms with van der Waals surface area (Å²) in [6.07, 6.45) is 0. The van der Waals surface area contributed by atoms with Crippen molar-refractivity contribution in [3.8, 4) is 0 Å². The molecule has 2 rings (SSSR count). The Bertz CT molecular complexity index is 701. The van der Waals surface area contributed by atoms with Gasteiger partial charge in [-0.05, 0) is 36.4 Å². The molecule has 0 saturated heterocycles. The summed E-state index contributed by atoms with van der Waals surface area (Å²) in [7, 11) is 0. The van der Waals surface area contributed by atoms with E-state index in [4.69, 9.17) is 5.73 Å². The summed E-state index contributed by atoms with van der Waals surface area (Å²) in [5, 5.41) is 5.18. The maximum atomic E-state index is 12.9. The van der Waals surface area contributed by atoms with Gasteiger partial charge in [-0.15, -0.1) is 0 Å². The molecule has 0 heterocycles. The van der Waals surface area contributed by atoms with Crippen molar-refractivity contribution in [2.75, 3.05) is 16.4 Å². The molecule has 2 aromatic carbocycles.